The third-order valence-corrected chi connectivity index (χ3v) is 5.24. The van der Waals surface area contributed by atoms with Crippen molar-refractivity contribution in [3.8, 4) is 0 Å². The summed E-state index contributed by atoms with van der Waals surface area (Å²) in [4.78, 5) is 6.89. The summed E-state index contributed by atoms with van der Waals surface area (Å²) in [5, 5.41) is 15.2. The molecule has 0 radical (unpaired) electrons. The van der Waals surface area contributed by atoms with Gasteiger partial charge in [0.05, 0.1) is 6.54 Å². The minimum absolute atomic E-state index is 0. The van der Waals surface area contributed by atoms with Crippen LogP contribution in [0.3, 0.4) is 0 Å². The summed E-state index contributed by atoms with van der Waals surface area (Å²) in [5.41, 5.74) is 2.73. The number of aryl methyl sites for hydroxylation is 2. The number of aliphatic imine (C=N–C) groups is 1. The van der Waals surface area contributed by atoms with Crippen molar-refractivity contribution >= 4 is 29.9 Å². The van der Waals surface area contributed by atoms with E-state index in [0.29, 0.717) is 12.6 Å². The van der Waals surface area contributed by atoms with E-state index in [1.807, 2.05) is 25.6 Å². The lowest BCUT2D eigenvalue weighted by molar-refractivity contribution is 0.198. The van der Waals surface area contributed by atoms with E-state index in [1.54, 1.807) is 0 Å². The fourth-order valence-electron chi connectivity index (χ4n) is 3.46. The van der Waals surface area contributed by atoms with Crippen LogP contribution >= 0.6 is 24.0 Å². The molecule has 0 saturated carbocycles. The van der Waals surface area contributed by atoms with Gasteiger partial charge in [-0.05, 0) is 32.3 Å². The van der Waals surface area contributed by atoms with Gasteiger partial charge in [-0.1, -0.05) is 29.8 Å². The number of rotatable bonds is 5. The Hall–Kier alpha value is -1.68. The smallest absolute Gasteiger partial charge is 0.191 e. The fraction of sp³-hybridized carbons (Fsp3) is 0.550. The van der Waals surface area contributed by atoms with Crippen LogP contribution in [0.2, 0.25) is 0 Å². The molecule has 0 amide bonds. The predicted molar refractivity (Wildman–Crippen MR) is 124 cm³/mol. The zero-order chi connectivity index (χ0) is 19.2. The van der Waals surface area contributed by atoms with Gasteiger partial charge in [0.15, 0.2) is 11.8 Å². The maximum atomic E-state index is 4.35. The summed E-state index contributed by atoms with van der Waals surface area (Å²) >= 11 is 0. The SMILES string of the molecule is CN=C(NCc1nnc(C)n1C)NC1CCN(Cc2cccc(C)c2)CC1.I. The predicted octanol–water partition coefficient (Wildman–Crippen LogP) is 2.38. The van der Waals surface area contributed by atoms with Crippen molar-refractivity contribution in [1.29, 1.82) is 0 Å². The van der Waals surface area contributed by atoms with E-state index in [-0.39, 0.29) is 24.0 Å². The first-order valence-electron chi connectivity index (χ1n) is 9.65. The zero-order valence-electron chi connectivity index (χ0n) is 17.3. The summed E-state index contributed by atoms with van der Waals surface area (Å²) in [5.74, 6) is 2.65. The summed E-state index contributed by atoms with van der Waals surface area (Å²) in [7, 11) is 3.79. The molecular weight excluding hydrogens is 465 g/mol. The largest absolute Gasteiger partial charge is 0.354 e. The van der Waals surface area contributed by atoms with Crippen LogP contribution in [0, 0.1) is 13.8 Å². The summed E-state index contributed by atoms with van der Waals surface area (Å²) in [6, 6.07) is 9.25. The summed E-state index contributed by atoms with van der Waals surface area (Å²) in [6.45, 7) is 7.96. The number of piperidine rings is 1. The molecule has 0 aliphatic carbocycles. The van der Waals surface area contributed by atoms with Crippen molar-refractivity contribution in [2.45, 2.75) is 45.8 Å². The number of aromatic nitrogens is 3. The Morgan fingerprint density at radius 2 is 1.96 bits per heavy atom. The van der Waals surface area contributed by atoms with Crippen LogP contribution in [0.5, 0.6) is 0 Å². The average Bonchev–Trinajstić information content (AvgIpc) is 2.98. The van der Waals surface area contributed by atoms with E-state index in [1.165, 1.54) is 11.1 Å². The molecule has 7 nitrogen and oxygen atoms in total. The molecular formula is C20H32IN7. The van der Waals surface area contributed by atoms with Crippen molar-refractivity contribution in [1.82, 2.24) is 30.3 Å². The Balaban J connectivity index is 0.00000280. The van der Waals surface area contributed by atoms with Crippen molar-refractivity contribution < 1.29 is 0 Å². The number of hydrogen-bond acceptors (Lipinski definition) is 4. The van der Waals surface area contributed by atoms with Gasteiger partial charge in [0.1, 0.15) is 5.82 Å². The van der Waals surface area contributed by atoms with Crippen LogP contribution in [0.1, 0.15) is 35.6 Å². The van der Waals surface area contributed by atoms with Gasteiger partial charge < -0.3 is 15.2 Å². The minimum atomic E-state index is 0. The van der Waals surface area contributed by atoms with Gasteiger partial charge >= 0.3 is 0 Å². The third kappa shape index (κ3) is 6.16. The first kappa shape index (κ1) is 22.6. The van der Waals surface area contributed by atoms with E-state index in [4.69, 9.17) is 0 Å². The van der Waals surface area contributed by atoms with E-state index in [0.717, 1.165) is 50.1 Å². The highest BCUT2D eigenvalue weighted by atomic mass is 127. The summed E-state index contributed by atoms with van der Waals surface area (Å²) < 4.78 is 1.99. The molecule has 2 N–H and O–H groups in total. The van der Waals surface area contributed by atoms with Gasteiger partial charge in [-0.25, -0.2) is 0 Å². The molecule has 0 atom stereocenters. The highest BCUT2D eigenvalue weighted by molar-refractivity contribution is 14.0. The lowest BCUT2D eigenvalue weighted by Crippen LogP contribution is -2.48. The van der Waals surface area contributed by atoms with Gasteiger partial charge in [-0.3, -0.25) is 9.89 Å². The molecule has 2 heterocycles. The van der Waals surface area contributed by atoms with Crippen molar-refractivity contribution in [2.24, 2.45) is 12.0 Å². The van der Waals surface area contributed by atoms with Crippen molar-refractivity contribution in [3.63, 3.8) is 0 Å². The van der Waals surface area contributed by atoms with E-state index >= 15 is 0 Å². The number of halogens is 1. The number of likely N-dealkylation sites (tertiary alicyclic amines) is 1. The fourth-order valence-corrected chi connectivity index (χ4v) is 3.46. The summed E-state index contributed by atoms with van der Waals surface area (Å²) in [6.07, 6.45) is 2.24. The highest BCUT2D eigenvalue weighted by Crippen LogP contribution is 2.14. The van der Waals surface area contributed by atoms with Gasteiger partial charge in [0, 0.05) is 39.8 Å². The first-order valence-corrected chi connectivity index (χ1v) is 9.65. The number of nitrogens with zero attached hydrogens (tertiary/aromatic N) is 5. The molecule has 1 aliphatic heterocycles. The van der Waals surface area contributed by atoms with Crippen LogP contribution in [0.4, 0.5) is 0 Å². The van der Waals surface area contributed by atoms with Crippen molar-refractivity contribution in [2.75, 3.05) is 20.1 Å². The molecule has 8 heteroatoms. The van der Waals surface area contributed by atoms with Crippen LogP contribution in [0.25, 0.3) is 0 Å². The lowest BCUT2D eigenvalue weighted by atomic mass is 10.0. The van der Waals surface area contributed by atoms with Gasteiger partial charge in [-0.15, -0.1) is 34.2 Å². The van der Waals surface area contributed by atoms with Crippen molar-refractivity contribution in [3.05, 3.63) is 47.0 Å². The van der Waals surface area contributed by atoms with E-state index in [2.05, 4.69) is 61.9 Å². The molecule has 2 aromatic rings. The second-order valence-electron chi connectivity index (χ2n) is 7.33. The molecule has 1 aromatic heterocycles. The van der Waals surface area contributed by atoms with Gasteiger partial charge in [0.2, 0.25) is 0 Å². The Bertz CT molecular complexity index is 779. The van der Waals surface area contributed by atoms with E-state index in [9.17, 15) is 0 Å². The normalized spacial score (nSPS) is 15.9. The monoisotopic (exact) mass is 497 g/mol. The molecule has 154 valence electrons. The Morgan fingerprint density at radius 3 is 2.57 bits per heavy atom. The highest BCUT2D eigenvalue weighted by Gasteiger charge is 2.20. The maximum Gasteiger partial charge on any atom is 0.191 e. The molecule has 0 bridgehead atoms. The van der Waals surface area contributed by atoms with Gasteiger partial charge in [0.25, 0.3) is 0 Å². The quantitative estimate of drug-likeness (QED) is 0.377. The second kappa shape index (κ2) is 10.8. The van der Waals surface area contributed by atoms with Crippen LogP contribution in [-0.2, 0) is 20.1 Å². The Kier molecular flexibility index (Phi) is 8.68. The minimum Gasteiger partial charge on any atom is -0.354 e. The molecule has 28 heavy (non-hydrogen) atoms. The topological polar surface area (TPSA) is 70.4 Å². The van der Waals surface area contributed by atoms with Crippen LogP contribution in [0.15, 0.2) is 29.3 Å². The molecule has 3 rings (SSSR count). The average molecular weight is 497 g/mol. The Labute approximate surface area is 185 Å². The van der Waals surface area contributed by atoms with E-state index < -0.39 is 0 Å². The third-order valence-electron chi connectivity index (χ3n) is 5.24. The number of benzene rings is 1. The second-order valence-corrected chi connectivity index (χ2v) is 7.33. The Morgan fingerprint density at radius 1 is 1.21 bits per heavy atom. The lowest BCUT2D eigenvalue weighted by Gasteiger charge is -2.33. The molecule has 1 fully saturated rings. The molecule has 0 unspecified atom stereocenters. The molecule has 1 aromatic carbocycles. The number of guanidine groups is 1. The zero-order valence-corrected chi connectivity index (χ0v) is 19.6. The standard InChI is InChI=1S/C20H31N7.HI/c1-15-6-5-7-17(12-15)14-27-10-8-18(9-11-27)23-20(21-3)22-13-19-25-24-16(2)26(19)4;/h5-7,12,18H,8-11,13-14H2,1-4H3,(H2,21,22,23);1H. The molecule has 1 aliphatic rings. The first-order chi connectivity index (χ1) is 13.0. The number of nitrogens with one attached hydrogen (secondary N) is 2. The molecule has 0 spiro atoms. The van der Waals surface area contributed by atoms with Gasteiger partial charge in [-0.2, -0.15) is 0 Å². The van der Waals surface area contributed by atoms with Crippen LogP contribution in [-0.4, -0.2) is 51.8 Å². The van der Waals surface area contributed by atoms with Crippen LogP contribution < -0.4 is 10.6 Å². The molecule has 1 saturated heterocycles. The number of hydrogen-bond donors (Lipinski definition) is 2. The maximum absolute atomic E-state index is 4.35.